The Morgan fingerprint density at radius 2 is 2.11 bits per heavy atom. The smallest absolute Gasteiger partial charge is 0.0510 e. The van der Waals surface area contributed by atoms with Gasteiger partial charge in [0.2, 0.25) is 0 Å². The predicted octanol–water partition coefficient (Wildman–Crippen LogP) is 1.98. The Bertz CT molecular complexity index is 241. The normalized spacial score (nSPS) is 35.8. The van der Waals surface area contributed by atoms with Crippen LogP contribution < -0.4 is 5.32 Å². The summed E-state index contributed by atoms with van der Waals surface area (Å²) < 4.78 is 5.55. The molecular formula is C15H30N2O. The molecule has 3 nitrogen and oxygen atoms in total. The molecule has 0 aliphatic carbocycles. The highest BCUT2D eigenvalue weighted by atomic mass is 16.5. The van der Waals surface area contributed by atoms with Gasteiger partial charge in [-0.1, -0.05) is 20.8 Å². The maximum absolute atomic E-state index is 5.55. The number of ether oxygens (including phenoxy) is 1. The Balaban J connectivity index is 1.84. The Hall–Kier alpha value is -0.120. The molecule has 2 rings (SSSR count). The van der Waals surface area contributed by atoms with E-state index in [4.69, 9.17) is 4.74 Å². The van der Waals surface area contributed by atoms with Crippen molar-refractivity contribution < 1.29 is 4.74 Å². The van der Waals surface area contributed by atoms with Crippen molar-refractivity contribution in [3.8, 4) is 0 Å². The largest absolute Gasteiger partial charge is 0.381 e. The fraction of sp³-hybridized carbons (Fsp3) is 1.00. The summed E-state index contributed by atoms with van der Waals surface area (Å²) in [4.78, 5) is 2.66. The summed E-state index contributed by atoms with van der Waals surface area (Å²) >= 11 is 0. The fourth-order valence-corrected chi connectivity index (χ4v) is 3.31. The third-order valence-electron chi connectivity index (χ3n) is 4.87. The van der Waals surface area contributed by atoms with Gasteiger partial charge in [0.25, 0.3) is 0 Å². The quantitative estimate of drug-likeness (QED) is 0.812. The second kappa shape index (κ2) is 6.88. The highest BCUT2D eigenvalue weighted by Crippen LogP contribution is 2.24. The highest BCUT2D eigenvalue weighted by Gasteiger charge is 2.29. The Kier molecular flexibility index (Phi) is 5.46. The molecule has 0 aromatic heterocycles. The number of piperidine rings is 1. The fourth-order valence-electron chi connectivity index (χ4n) is 3.31. The zero-order chi connectivity index (χ0) is 13.0. The van der Waals surface area contributed by atoms with Crippen LogP contribution in [-0.2, 0) is 4.74 Å². The van der Waals surface area contributed by atoms with Crippen molar-refractivity contribution in [2.45, 2.75) is 39.7 Å². The van der Waals surface area contributed by atoms with E-state index < -0.39 is 0 Å². The second-order valence-electron chi connectivity index (χ2n) is 6.29. The maximum Gasteiger partial charge on any atom is 0.0510 e. The van der Waals surface area contributed by atoms with Crippen LogP contribution in [0.15, 0.2) is 0 Å². The third-order valence-corrected chi connectivity index (χ3v) is 4.87. The molecule has 18 heavy (non-hydrogen) atoms. The average molecular weight is 254 g/mol. The molecule has 3 heteroatoms. The Morgan fingerprint density at radius 3 is 2.72 bits per heavy atom. The van der Waals surface area contributed by atoms with Gasteiger partial charge in [0, 0.05) is 31.7 Å². The van der Waals surface area contributed by atoms with Crippen LogP contribution in [0.5, 0.6) is 0 Å². The first kappa shape index (κ1) is 14.3. The maximum atomic E-state index is 5.55. The van der Waals surface area contributed by atoms with Crippen LogP contribution in [0.25, 0.3) is 0 Å². The standard InChI is InChI=1S/C15H30N2O/c1-4-16-15(14-6-8-18-11-14)10-17-7-5-12(2)13(3)9-17/h12-16H,4-11H2,1-3H3. The van der Waals surface area contributed by atoms with Gasteiger partial charge in [0.05, 0.1) is 6.61 Å². The topological polar surface area (TPSA) is 24.5 Å². The van der Waals surface area contributed by atoms with Gasteiger partial charge in [-0.25, -0.2) is 0 Å². The van der Waals surface area contributed by atoms with E-state index >= 15 is 0 Å². The van der Waals surface area contributed by atoms with Crippen molar-refractivity contribution in [3.05, 3.63) is 0 Å². The van der Waals surface area contributed by atoms with Crippen LogP contribution in [0.3, 0.4) is 0 Å². The Labute approximate surface area is 112 Å². The number of nitrogens with zero attached hydrogens (tertiary/aromatic N) is 1. The summed E-state index contributed by atoms with van der Waals surface area (Å²) in [6, 6.07) is 0.623. The second-order valence-corrected chi connectivity index (χ2v) is 6.29. The molecule has 4 atom stereocenters. The lowest BCUT2D eigenvalue weighted by Crippen LogP contribution is -2.49. The minimum atomic E-state index is 0.623. The lowest BCUT2D eigenvalue weighted by molar-refractivity contribution is 0.110. The first-order valence-electron chi connectivity index (χ1n) is 7.74. The highest BCUT2D eigenvalue weighted by molar-refractivity contribution is 4.84. The SMILES string of the molecule is CCNC(CN1CCC(C)C(C)C1)C1CCOC1. The van der Waals surface area contributed by atoms with Crippen molar-refractivity contribution in [2.24, 2.45) is 17.8 Å². The van der Waals surface area contributed by atoms with Gasteiger partial charge >= 0.3 is 0 Å². The molecular weight excluding hydrogens is 224 g/mol. The molecule has 0 saturated carbocycles. The minimum Gasteiger partial charge on any atom is -0.381 e. The molecule has 2 heterocycles. The molecule has 0 radical (unpaired) electrons. The molecule has 1 N–H and O–H groups in total. The zero-order valence-electron chi connectivity index (χ0n) is 12.3. The van der Waals surface area contributed by atoms with Gasteiger partial charge in [-0.2, -0.15) is 0 Å². The number of rotatable bonds is 5. The van der Waals surface area contributed by atoms with Crippen LogP contribution in [0.1, 0.15) is 33.6 Å². The zero-order valence-corrected chi connectivity index (χ0v) is 12.3. The van der Waals surface area contributed by atoms with Gasteiger partial charge < -0.3 is 15.0 Å². The van der Waals surface area contributed by atoms with E-state index in [9.17, 15) is 0 Å². The number of likely N-dealkylation sites (tertiary alicyclic amines) is 1. The number of nitrogens with one attached hydrogen (secondary N) is 1. The van der Waals surface area contributed by atoms with E-state index in [2.05, 4.69) is 31.0 Å². The molecule has 2 aliphatic rings. The first-order chi connectivity index (χ1) is 8.70. The van der Waals surface area contributed by atoms with Crippen LogP contribution >= 0.6 is 0 Å². The lowest BCUT2D eigenvalue weighted by Gasteiger charge is -2.38. The summed E-state index contributed by atoms with van der Waals surface area (Å²) in [5, 5.41) is 3.68. The van der Waals surface area contributed by atoms with E-state index in [-0.39, 0.29) is 0 Å². The third kappa shape index (κ3) is 3.69. The Morgan fingerprint density at radius 1 is 1.28 bits per heavy atom. The van der Waals surface area contributed by atoms with Gasteiger partial charge in [-0.3, -0.25) is 0 Å². The molecule has 0 spiro atoms. The van der Waals surface area contributed by atoms with E-state index in [1.165, 1.54) is 32.5 Å². The van der Waals surface area contributed by atoms with Gasteiger partial charge in [-0.15, -0.1) is 0 Å². The molecule has 4 unspecified atom stereocenters. The minimum absolute atomic E-state index is 0.623. The van der Waals surface area contributed by atoms with E-state index in [1.54, 1.807) is 0 Å². The monoisotopic (exact) mass is 254 g/mol. The summed E-state index contributed by atoms with van der Waals surface area (Å²) in [5.41, 5.74) is 0. The van der Waals surface area contributed by atoms with Gasteiger partial charge in [-0.05, 0) is 37.8 Å². The average Bonchev–Trinajstić information content (AvgIpc) is 2.87. The number of likely N-dealkylation sites (N-methyl/N-ethyl adjacent to an activating group) is 1. The molecule has 0 bridgehead atoms. The van der Waals surface area contributed by atoms with Crippen molar-refractivity contribution in [3.63, 3.8) is 0 Å². The predicted molar refractivity (Wildman–Crippen MR) is 75.8 cm³/mol. The molecule has 2 saturated heterocycles. The summed E-state index contributed by atoms with van der Waals surface area (Å²) in [6.45, 7) is 13.8. The van der Waals surface area contributed by atoms with Crippen molar-refractivity contribution in [2.75, 3.05) is 39.4 Å². The molecule has 2 aliphatic heterocycles. The van der Waals surface area contributed by atoms with E-state index in [0.717, 1.165) is 37.5 Å². The van der Waals surface area contributed by atoms with Crippen LogP contribution in [0.4, 0.5) is 0 Å². The summed E-state index contributed by atoms with van der Waals surface area (Å²) in [6.07, 6.45) is 2.60. The van der Waals surface area contributed by atoms with Gasteiger partial charge in [0.1, 0.15) is 0 Å². The first-order valence-corrected chi connectivity index (χ1v) is 7.74. The van der Waals surface area contributed by atoms with Crippen molar-refractivity contribution in [1.82, 2.24) is 10.2 Å². The molecule has 2 fully saturated rings. The van der Waals surface area contributed by atoms with Crippen LogP contribution in [-0.4, -0.2) is 50.3 Å². The van der Waals surface area contributed by atoms with Crippen molar-refractivity contribution in [1.29, 1.82) is 0 Å². The van der Waals surface area contributed by atoms with E-state index in [1.807, 2.05) is 0 Å². The molecule has 0 aromatic rings. The van der Waals surface area contributed by atoms with Crippen LogP contribution in [0, 0.1) is 17.8 Å². The van der Waals surface area contributed by atoms with Crippen LogP contribution in [0.2, 0.25) is 0 Å². The molecule has 0 aromatic carbocycles. The van der Waals surface area contributed by atoms with Crippen molar-refractivity contribution >= 4 is 0 Å². The molecule has 106 valence electrons. The number of hydrogen-bond acceptors (Lipinski definition) is 3. The summed E-state index contributed by atoms with van der Waals surface area (Å²) in [5.74, 6) is 2.47. The lowest BCUT2D eigenvalue weighted by atomic mass is 9.88. The van der Waals surface area contributed by atoms with E-state index in [0.29, 0.717) is 6.04 Å². The van der Waals surface area contributed by atoms with Gasteiger partial charge in [0.15, 0.2) is 0 Å². The number of hydrogen-bond donors (Lipinski definition) is 1. The summed E-state index contributed by atoms with van der Waals surface area (Å²) in [7, 11) is 0. The molecule has 0 amide bonds.